The number of carbonyl (C=O) groups excluding carboxylic acids is 2. The van der Waals surface area contributed by atoms with Crippen LogP contribution in [0.1, 0.15) is 41.7 Å². The average molecular weight is 312 g/mol. The van der Waals surface area contributed by atoms with Crippen molar-refractivity contribution in [3.8, 4) is 0 Å². The standard InChI is InChI=1S/C15H24N2O3S/c1-10-5-6-11(21-10)14(20)16-9-13(19)17-12(7-8-18)15(2,3)4/h5-6,12,18H,7-9H2,1-4H3,(H,16,20)(H,17,19). The Balaban J connectivity index is 2.48. The van der Waals surface area contributed by atoms with Gasteiger partial charge in [-0.1, -0.05) is 20.8 Å². The van der Waals surface area contributed by atoms with Crippen LogP contribution in [0.3, 0.4) is 0 Å². The van der Waals surface area contributed by atoms with Crippen molar-refractivity contribution in [3.05, 3.63) is 21.9 Å². The van der Waals surface area contributed by atoms with E-state index in [9.17, 15) is 9.59 Å². The first kappa shape index (κ1) is 17.7. The molecule has 5 nitrogen and oxygen atoms in total. The van der Waals surface area contributed by atoms with Crippen molar-refractivity contribution in [2.24, 2.45) is 5.41 Å². The third-order valence-electron chi connectivity index (χ3n) is 3.17. The lowest BCUT2D eigenvalue weighted by Crippen LogP contribution is -2.47. The Morgan fingerprint density at radius 1 is 1.33 bits per heavy atom. The second-order valence-corrected chi connectivity index (χ2v) is 7.38. The summed E-state index contributed by atoms with van der Waals surface area (Å²) >= 11 is 1.40. The molecule has 2 amide bonds. The van der Waals surface area contributed by atoms with Crippen LogP contribution in [0.25, 0.3) is 0 Å². The van der Waals surface area contributed by atoms with Crippen LogP contribution in [0.4, 0.5) is 0 Å². The Morgan fingerprint density at radius 2 is 2.00 bits per heavy atom. The molecule has 6 heteroatoms. The molecule has 0 aliphatic carbocycles. The van der Waals surface area contributed by atoms with E-state index in [0.29, 0.717) is 11.3 Å². The van der Waals surface area contributed by atoms with E-state index in [1.165, 1.54) is 11.3 Å². The Hall–Kier alpha value is -1.40. The minimum Gasteiger partial charge on any atom is -0.396 e. The molecule has 118 valence electrons. The first-order valence-electron chi connectivity index (χ1n) is 6.99. The molecule has 0 saturated carbocycles. The SMILES string of the molecule is Cc1ccc(C(=O)NCC(=O)NC(CCO)C(C)(C)C)s1. The number of nitrogens with one attached hydrogen (secondary N) is 2. The fourth-order valence-electron chi connectivity index (χ4n) is 1.90. The summed E-state index contributed by atoms with van der Waals surface area (Å²) in [6, 6.07) is 3.49. The number of aliphatic hydroxyl groups is 1. The third kappa shape index (κ3) is 5.85. The molecule has 0 aromatic carbocycles. The van der Waals surface area contributed by atoms with Gasteiger partial charge in [0.2, 0.25) is 5.91 Å². The lowest BCUT2D eigenvalue weighted by atomic mass is 9.85. The third-order valence-corrected chi connectivity index (χ3v) is 4.17. The van der Waals surface area contributed by atoms with Gasteiger partial charge in [0.05, 0.1) is 11.4 Å². The maximum atomic E-state index is 11.9. The topological polar surface area (TPSA) is 78.4 Å². The summed E-state index contributed by atoms with van der Waals surface area (Å²) in [6.45, 7) is 7.88. The number of rotatable bonds is 6. The van der Waals surface area contributed by atoms with Gasteiger partial charge in [0.15, 0.2) is 0 Å². The highest BCUT2D eigenvalue weighted by atomic mass is 32.1. The van der Waals surface area contributed by atoms with E-state index >= 15 is 0 Å². The molecule has 21 heavy (non-hydrogen) atoms. The molecule has 1 aromatic heterocycles. The minimum absolute atomic E-state index is 0.0169. The normalized spacial score (nSPS) is 12.8. The van der Waals surface area contributed by atoms with E-state index in [-0.39, 0.29) is 36.4 Å². The summed E-state index contributed by atoms with van der Waals surface area (Å²) in [6.07, 6.45) is 0.493. The zero-order chi connectivity index (χ0) is 16.0. The summed E-state index contributed by atoms with van der Waals surface area (Å²) in [5, 5.41) is 14.5. The van der Waals surface area contributed by atoms with Crippen molar-refractivity contribution >= 4 is 23.2 Å². The van der Waals surface area contributed by atoms with Gasteiger partial charge >= 0.3 is 0 Å². The number of thiophene rings is 1. The fourth-order valence-corrected chi connectivity index (χ4v) is 2.68. The van der Waals surface area contributed by atoms with E-state index in [4.69, 9.17) is 5.11 Å². The Morgan fingerprint density at radius 3 is 2.48 bits per heavy atom. The Bertz CT molecular complexity index is 491. The predicted molar refractivity (Wildman–Crippen MR) is 84.5 cm³/mol. The van der Waals surface area contributed by atoms with Crippen LogP contribution < -0.4 is 10.6 Å². The number of hydrogen-bond acceptors (Lipinski definition) is 4. The molecule has 0 bridgehead atoms. The maximum absolute atomic E-state index is 11.9. The van der Waals surface area contributed by atoms with Crippen LogP contribution in [0.5, 0.6) is 0 Å². The summed E-state index contributed by atoms with van der Waals surface area (Å²) in [5.74, 6) is -0.484. The van der Waals surface area contributed by atoms with Crippen LogP contribution in [-0.4, -0.2) is 36.1 Å². The number of hydrogen-bond donors (Lipinski definition) is 3. The lowest BCUT2D eigenvalue weighted by molar-refractivity contribution is -0.121. The lowest BCUT2D eigenvalue weighted by Gasteiger charge is -2.31. The van der Waals surface area contributed by atoms with Crippen molar-refractivity contribution in [1.29, 1.82) is 0 Å². The molecule has 0 aliphatic rings. The number of amides is 2. The summed E-state index contributed by atoms with van der Waals surface area (Å²) in [5.41, 5.74) is -0.146. The summed E-state index contributed by atoms with van der Waals surface area (Å²) in [7, 11) is 0. The first-order chi connectivity index (χ1) is 9.74. The first-order valence-corrected chi connectivity index (χ1v) is 7.80. The Labute approximate surface area is 129 Å². The predicted octanol–water partition coefficient (Wildman–Crippen LogP) is 1.70. The number of carbonyl (C=O) groups is 2. The molecule has 1 atom stereocenters. The molecule has 0 radical (unpaired) electrons. The van der Waals surface area contributed by atoms with Crippen LogP contribution in [0.15, 0.2) is 12.1 Å². The Kier molecular flexibility index (Phi) is 6.36. The molecule has 0 saturated heterocycles. The molecular weight excluding hydrogens is 288 g/mol. The van der Waals surface area contributed by atoms with Gasteiger partial charge in [-0.25, -0.2) is 0 Å². The van der Waals surface area contributed by atoms with Gasteiger partial charge in [-0.05, 0) is 30.9 Å². The van der Waals surface area contributed by atoms with Crippen molar-refractivity contribution < 1.29 is 14.7 Å². The highest BCUT2D eigenvalue weighted by Gasteiger charge is 2.25. The molecule has 0 fully saturated rings. The highest BCUT2D eigenvalue weighted by molar-refractivity contribution is 7.13. The largest absolute Gasteiger partial charge is 0.396 e. The monoisotopic (exact) mass is 312 g/mol. The van der Waals surface area contributed by atoms with Gasteiger partial charge < -0.3 is 15.7 Å². The van der Waals surface area contributed by atoms with E-state index in [0.717, 1.165) is 4.88 Å². The quantitative estimate of drug-likeness (QED) is 0.748. The van der Waals surface area contributed by atoms with Gasteiger partial charge in [0.1, 0.15) is 0 Å². The van der Waals surface area contributed by atoms with E-state index in [1.54, 1.807) is 6.07 Å². The molecule has 1 unspecified atom stereocenters. The second-order valence-electron chi connectivity index (χ2n) is 6.09. The zero-order valence-corrected chi connectivity index (χ0v) is 13.8. The van der Waals surface area contributed by atoms with E-state index in [2.05, 4.69) is 10.6 Å². The van der Waals surface area contributed by atoms with Gasteiger partial charge in [-0.2, -0.15) is 0 Å². The fraction of sp³-hybridized carbons (Fsp3) is 0.600. The minimum atomic E-state index is -0.245. The molecular formula is C15H24N2O3S. The number of aryl methyl sites for hydroxylation is 1. The maximum Gasteiger partial charge on any atom is 0.261 e. The smallest absolute Gasteiger partial charge is 0.261 e. The summed E-state index contributed by atoms with van der Waals surface area (Å²) < 4.78 is 0. The molecule has 1 rings (SSSR count). The van der Waals surface area contributed by atoms with Gasteiger partial charge in [-0.15, -0.1) is 11.3 Å². The highest BCUT2D eigenvalue weighted by Crippen LogP contribution is 2.21. The van der Waals surface area contributed by atoms with Gasteiger partial charge in [-0.3, -0.25) is 9.59 Å². The van der Waals surface area contributed by atoms with Crippen molar-refractivity contribution in [3.63, 3.8) is 0 Å². The van der Waals surface area contributed by atoms with Crippen LogP contribution in [-0.2, 0) is 4.79 Å². The van der Waals surface area contributed by atoms with Crippen LogP contribution >= 0.6 is 11.3 Å². The van der Waals surface area contributed by atoms with E-state index < -0.39 is 0 Å². The second kappa shape index (κ2) is 7.56. The van der Waals surface area contributed by atoms with Crippen LogP contribution in [0.2, 0.25) is 0 Å². The summed E-state index contributed by atoms with van der Waals surface area (Å²) in [4.78, 5) is 25.4. The van der Waals surface area contributed by atoms with E-state index in [1.807, 2.05) is 33.8 Å². The van der Waals surface area contributed by atoms with Crippen molar-refractivity contribution in [2.75, 3.05) is 13.2 Å². The molecule has 1 aromatic rings. The molecule has 3 N–H and O–H groups in total. The van der Waals surface area contributed by atoms with Gasteiger partial charge in [0.25, 0.3) is 5.91 Å². The zero-order valence-electron chi connectivity index (χ0n) is 13.0. The van der Waals surface area contributed by atoms with Crippen molar-refractivity contribution in [2.45, 2.75) is 40.2 Å². The molecule has 1 heterocycles. The van der Waals surface area contributed by atoms with Crippen molar-refractivity contribution in [1.82, 2.24) is 10.6 Å². The van der Waals surface area contributed by atoms with Gasteiger partial charge in [0, 0.05) is 17.5 Å². The average Bonchev–Trinajstić information content (AvgIpc) is 2.81. The van der Waals surface area contributed by atoms with Crippen LogP contribution in [0, 0.1) is 12.3 Å². The molecule has 0 spiro atoms. The number of aliphatic hydroxyl groups excluding tert-OH is 1. The molecule has 0 aliphatic heterocycles.